The maximum atomic E-state index is 12.7. The van der Waals surface area contributed by atoms with Crippen LogP contribution in [-0.4, -0.2) is 59.7 Å². The number of nitrogens with zero attached hydrogens (tertiary/aromatic N) is 6. The molecular weight excluding hydrogens is 369 g/mol. The van der Waals surface area contributed by atoms with Gasteiger partial charge in [0, 0.05) is 18.8 Å². The van der Waals surface area contributed by atoms with Crippen LogP contribution in [0.2, 0.25) is 0 Å². The van der Waals surface area contributed by atoms with Crippen LogP contribution in [0.25, 0.3) is 0 Å². The number of aromatic nitrogens is 5. The zero-order valence-electron chi connectivity index (χ0n) is 14.3. The molecule has 1 amide bonds. The first-order valence-electron chi connectivity index (χ1n) is 8.19. The monoisotopic (exact) mass is 386 g/mol. The van der Waals surface area contributed by atoms with E-state index in [0.717, 1.165) is 10.7 Å². The predicted octanol–water partition coefficient (Wildman–Crippen LogP) is 1.36. The van der Waals surface area contributed by atoms with Crippen LogP contribution in [-0.2, 0) is 17.5 Å². The number of piperidine rings is 1. The third-order valence-electron chi connectivity index (χ3n) is 4.43. The summed E-state index contributed by atoms with van der Waals surface area (Å²) in [6.07, 6.45) is -2.35. The van der Waals surface area contributed by atoms with Gasteiger partial charge >= 0.3 is 12.1 Å². The molecule has 0 radical (unpaired) electrons. The average molecular weight is 386 g/mol. The van der Waals surface area contributed by atoms with Crippen molar-refractivity contribution in [3.8, 4) is 0 Å². The highest BCUT2D eigenvalue weighted by Gasteiger charge is 2.35. The molecule has 0 aliphatic carbocycles. The van der Waals surface area contributed by atoms with Gasteiger partial charge in [0.05, 0.1) is 12.2 Å². The van der Waals surface area contributed by atoms with E-state index in [2.05, 4.69) is 15.3 Å². The fourth-order valence-corrected chi connectivity index (χ4v) is 2.93. The van der Waals surface area contributed by atoms with Crippen molar-refractivity contribution in [2.45, 2.75) is 38.5 Å². The van der Waals surface area contributed by atoms with Crippen LogP contribution in [0.15, 0.2) is 12.3 Å². The summed E-state index contributed by atoms with van der Waals surface area (Å²) in [5, 5.41) is 20.2. The Hall–Kier alpha value is -2.92. The minimum Gasteiger partial charge on any atom is -0.476 e. The molecule has 146 valence electrons. The first-order valence-corrected chi connectivity index (χ1v) is 8.19. The van der Waals surface area contributed by atoms with Crippen molar-refractivity contribution in [2.24, 2.45) is 0 Å². The van der Waals surface area contributed by atoms with Gasteiger partial charge in [-0.25, -0.2) is 4.79 Å². The van der Waals surface area contributed by atoms with E-state index in [1.807, 2.05) is 0 Å². The van der Waals surface area contributed by atoms with E-state index < -0.39 is 17.8 Å². The average Bonchev–Trinajstić information content (AvgIpc) is 3.22. The van der Waals surface area contributed by atoms with Gasteiger partial charge in [0.2, 0.25) is 5.91 Å². The minimum atomic E-state index is -4.55. The van der Waals surface area contributed by atoms with Gasteiger partial charge in [-0.2, -0.15) is 28.2 Å². The summed E-state index contributed by atoms with van der Waals surface area (Å²) in [5.74, 6) is -1.49. The molecule has 0 atom stereocenters. The van der Waals surface area contributed by atoms with Crippen molar-refractivity contribution in [1.29, 1.82) is 0 Å². The number of hydrogen-bond acceptors (Lipinski definition) is 5. The van der Waals surface area contributed by atoms with Crippen LogP contribution >= 0.6 is 0 Å². The lowest BCUT2D eigenvalue weighted by Crippen LogP contribution is -2.41. The molecule has 0 aromatic carbocycles. The summed E-state index contributed by atoms with van der Waals surface area (Å²) < 4.78 is 39.2. The molecule has 9 nitrogen and oxygen atoms in total. The highest BCUT2D eigenvalue weighted by atomic mass is 19.4. The van der Waals surface area contributed by atoms with Crippen molar-refractivity contribution in [3.05, 3.63) is 29.3 Å². The molecule has 0 unspecified atom stereocenters. The molecule has 0 bridgehead atoms. The molecule has 1 fully saturated rings. The van der Waals surface area contributed by atoms with Gasteiger partial charge < -0.3 is 10.0 Å². The van der Waals surface area contributed by atoms with Gasteiger partial charge in [-0.3, -0.25) is 9.48 Å². The summed E-state index contributed by atoms with van der Waals surface area (Å²) in [5.41, 5.74) is -0.916. The van der Waals surface area contributed by atoms with Crippen LogP contribution in [0.4, 0.5) is 13.2 Å². The van der Waals surface area contributed by atoms with Crippen molar-refractivity contribution in [1.82, 2.24) is 29.7 Å². The maximum Gasteiger partial charge on any atom is 0.435 e. The highest BCUT2D eigenvalue weighted by Crippen LogP contribution is 2.28. The quantitative estimate of drug-likeness (QED) is 0.851. The topological polar surface area (TPSA) is 106 Å². The van der Waals surface area contributed by atoms with Gasteiger partial charge in [0.15, 0.2) is 11.4 Å². The largest absolute Gasteiger partial charge is 0.476 e. The molecule has 1 saturated heterocycles. The Morgan fingerprint density at radius 3 is 2.44 bits per heavy atom. The van der Waals surface area contributed by atoms with E-state index in [4.69, 9.17) is 5.11 Å². The van der Waals surface area contributed by atoms with Gasteiger partial charge in [-0.1, -0.05) is 0 Å². The number of amides is 1. The van der Waals surface area contributed by atoms with E-state index >= 15 is 0 Å². The number of rotatable bonds is 4. The van der Waals surface area contributed by atoms with Crippen LogP contribution in [0.5, 0.6) is 0 Å². The lowest BCUT2D eigenvalue weighted by molar-refractivity contribution is -0.142. The standard InChI is InChI=1S/C15H17F3N6O3/c1-9-6-12(15(16,17)18)21-23(9)8-13(25)22-4-2-10(3-5-22)24-19-7-11(20-24)14(26)27/h6-7,10H,2-5,8H2,1H3,(H,26,27). The normalized spacial score (nSPS) is 15.9. The number of alkyl halides is 3. The smallest absolute Gasteiger partial charge is 0.435 e. The Balaban J connectivity index is 1.58. The number of carbonyl (C=O) groups excluding carboxylic acids is 1. The molecule has 3 heterocycles. The van der Waals surface area contributed by atoms with E-state index in [-0.39, 0.29) is 29.9 Å². The maximum absolute atomic E-state index is 12.7. The van der Waals surface area contributed by atoms with Crippen LogP contribution in [0.3, 0.4) is 0 Å². The molecule has 12 heteroatoms. The first-order chi connectivity index (χ1) is 12.6. The first kappa shape index (κ1) is 18.9. The van der Waals surface area contributed by atoms with Gasteiger partial charge in [-0.15, -0.1) is 5.10 Å². The molecule has 1 aliphatic heterocycles. The second-order valence-electron chi connectivity index (χ2n) is 6.29. The summed E-state index contributed by atoms with van der Waals surface area (Å²) in [7, 11) is 0. The summed E-state index contributed by atoms with van der Waals surface area (Å²) in [4.78, 5) is 26.1. The van der Waals surface area contributed by atoms with Crippen molar-refractivity contribution >= 4 is 11.9 Å². The Morgan fingerprint density at radius 2 is 1.93 bits per heavy atom. The Labute approximate surface area is 151 Å². The SMILES string of the molecule is Cc1cc(C(F)(F)F)nn1CC(=O)N1CCC(n2ncc(C(=O)O)n2)CC1. The molecule has 3 rings (SSSR count). The predicted molar refractivity (Wildman–Crippen MR) is 83.8 cm³/mol. The summed E-state index contributed by atoms with van der Waals surface area (Å²) in [6, 6.07) is 0.772. The molecule has 2 aromatic rings. The van der Waals surface area contributed by atoms with Crippen molar-refractivity contribution < 1.29 is 27.9 Å². The molecule has 0 saturated carbocycles. The molecule has 27 heavy (non-hydrogen) atoms. The number of halogens is 3. The van der Waals surface area contributed by atoms with Gasteiger partial charge in [-0.05, 0) is 25.8 Å². The lowest BCUT2D eigenvalue weighted by Gasteiger charge is -2.31. The van der Waals surface area contributed by atoms with Crippen molar-refractivity contribution in [2.75, 3.05) is 13.1 Å². The van der Waals surface area contributed by atoms with Crippen LogP contribution in [0.1, 0.15) is 40.8 Å². The number of aryl methyl sites for hydroxylation is 1. The fourth-order valence-electron chi connectivity index (χ4n) is 2.93. The third kappa shape index (κ3) is 4.09. The number of likely N-dealkylation sites (tertiary alicyclic amines) is 1. The molecule has 1 N–H and O–H groups in total. The van der Waals surface area contributed by atoms with E-state index in [1.54, 1.807) is 4.90 Å². The van der Waals surface area contributed by atoms with E-state index in [1.165, 1.54) is 17.9 Å². The van der Waals surface area contributed by atoms with Crippen molar-refractivity contribution in [3.63, 3.8) is 0 Å². The second kappa shape index (κ2) is 7.00. The summed E-state index contributed by atoms with van der Waals surface area (Å²) in [6.45, 7) is 1.95. The number of carboxylic acid groups (broad SMARTS) is 1. The highest BCUT2D eigenvalue weighted by molar-refractivity contribution is 5.84. The second-order valence-corrected chi connectivity index (χ2v) is 6.29. The van der Waals surface area contributed by atoms with E-state index in [0.29, 0.717) is 25.9 Å². The molecule has 0 spiro atoms. The number of hydrogen-bond donors (Lipinski definition) is 1. The van der Waals surface area contributed by atoms with Crippen LogP contribution < -0.4 is 0 Å². The Bertz CT molecular complexity index is 851. The Morgan fingerprint density at radius 1 is 1.26 bits per heavy atom. The van der Waals surface area contributed by atoms with Crippen LogP contribution in [0, 0.1) is 6.92 Å². The third-order valence-corrected chi connectivity index (χ3v) is 4.43. The minimum absolute atomic E-state index is 0.134. The Kier molecular flexibility index (Phi) is 4.89. The zero-order valence-corrected chi connectivity index (χ0v) is 14.3. The fraction of sp³-hybridized carbons (Fsp3) is 0.533. The van der Waals surface area contributed by atoms with E-state index in [9.17, 15) is 22.8 Å². The molecular formula is C15H17F3N6O3. The molecule has 2 aromatic heterocycles. The lowest BCUT2D eigenvalue weighted by atomic mass is 10.1. The van der Waals surface area contributed by atoms with Gasteiger partial charge in [0.25, 0.3) is 0 Å². The zero-order chi connectivity index (χ0) is 19.8. The number of carboxylic acids is 1. The summed E-state index contributed by atoms with van der Waals surface area (Å²) >= 11 is 0. The number of carbonyl (C=O) groups is 2. The van der Waals surface area contributed by atoms with Gasteiger partial charge in [0.1, 0.15) is 6.54 Å². The number of aromatic carboxylic acids is 1. The molecule has 1 aliphatic rings.